The van der Waals surface area contributed by atoms with E-state index in [9.17, 15) is 14.0 Å². The Morgan fingerprint density at radius 3 is 2.44 bits per heavy atom. The topological polar surface area (TPSA) is 82.8 Å². The molecule has 1 aliphatic heterocycles. The maximum absolute atomic E-state index is 13.1. The zero-order chi connectivity index (χ0) is 23.2. The molecule has 4 rings (SSSR count). The van der Waals surface area contributed by atoms with E-state index in [2.05, 4.69) is 15.0 Å². The van der Waals surface area contributed by atoms with Gasteiger partial charge in [0.1, 0.15) is 5.82 Å². The van der Waals surface area contributed by atoms with Crippen LogP contribution in [-0.4, -0.2) is 75.9 Å². The molecule has 0 spiro atoms. The van der Waals surface area contributed by atoms with E-state index in [4.69, 9.17) is 4.52 Å². The lowest BCUT2D eigenvalue weighted by atomic mass is 9.94. The van der Waals surface area contributed by atoms with Crippen LogP contribution < -0.4 is 0 Å². The summed E-state index contributed by atoms with van der Waals surface area (Å²) in [5.74, 6) is 0.774. The second kappa shape index (κ2) is 12.3. The van der Waals surface area contributed by atoms with Crippen molar-refractivity contribution in [3.63, 3.8) is 0 Å². The molecule has 186 valence electrons. The SMILES string of the molecule is CN(C(=O)CCc1nc(CN2CCN(C(=O)c3ccc(F)cc3)CC2)no1)C1CCCCC1.Cl. The number of rotatable bonds is 7. The standard InChI is InChI=1S/C24H32FN5O3.ClH/c1-28(20-5-3-2-4-6-20)23(31)12-11-22-26-21(27-33-22)17-29-13-15-30(16-14-29)24(32)18-7-9-19(25)10-8-18;/h7-10,20H,2-6,11-17H2,1H3;1H. The van der Waals surface area contributed by atoms with Gasteiger partial charge in [0.15, 0.2) is 5.82 Å². The maximum Gasteiger partial charge on any atom is 0.253 e. The average Bonchev–Trinajstić information content (AvgIpc) is 3.30. The van der Waals surface area contributed by atoms with Gasteiger partial charge in [-0.15, -0.1) is 12.4 Å². The van der Waals surface area contributed by atoms with Crippen molar-refractivity contribution in [1.29, 1.82) is 0 Å². The third kappa shape index (κ3) is 6.76. The van der Waals surface area contributed by atoms with E-state index in [1.54, 1.807) is 4.90 Å². The van der Waals surface area contributed by atoms with E-state index >= 15 is 0 Å². The van der Waals surface area contributed by atoms with Gasteiger partial charge in [-0.05, 0) is 37.1 Å². The monoisotopic (exact) mass is 493 g/mol. The van der Waals surface area contributed by atoms with Crippen LogP contribution in [0.15, 0.2) is 28.8 Å². The van der Waals surface area contributed by atoms with Gasteiger partial charge in [-0.2, -0.15) is 4.98 Å². The molecule has 1 aliphatic carbocycles. The molecule has 2 aromatic rings. The molecule has 34 heavy (non-hydrogen) atoms. The summed E-state index contributed by atoms with van der Waals surface area (Å²) in [5.41, 5.74) is 0.497. The van der Waals surface area contributed by atoms with Crippen LogP contribution in [-0.2, 0) is 17.8 Å². The molecule has 0 unspecified atom stereocenters. The molecule has 1 saturated carbocycles. The van der Waals surface area contributed by atoms with Crippen LogP contribution in [0, 0.1) is 5.82 Å². The fourth-order valence-corrected chi connectivity index (χ4v) is 4.60. The van der Waals surface area contributed by atoms with Crippen molar-refractivity contribution >= 4 is 24.2 Å². The van der Waals surface area contributed by atoms with Gasteiger partial charge in [-0.3, -0.25) is 14.5 Å². The Hall–Kier alpha value is -2.52. The van der Waals surface area contributed by atoms with Crippen LogP contribution in [0.1, 0.15) is 60.6 Å². The first-order valence-electron chi connectivity index (χ1n) is 11.8. The molecular weight excluding hydrogens is 461 g/mol. The van der Waals surface area contributed by atoms with Crippen LogP contribution >= 0.6 is 12.4 Å². The summed E-state index contributed by atoms with van der Waals surface area (Å²) in [6, 6.07) is 6.00. The Morgan fingerprint density at radius 2 is 1.76 bits per heavy atom. The zero-order valence-electron chi connectivity index (χ0n) is 19.6. The summed E-state index contributed by atoms with van der Waals surface area (Å²) in [4.78, 5) is 35.4. The molecule has 2 aliphatic rings. The molecule has 0 N–H and O–H groups in total. The van der Waals surface area contributed by atoms with Gasteiger partial charge in [0.2, 0.25) is 11.8 Å². The highest BCUT2D eigenvalue weighted by Gasteiger charge is 2.24. The first kappa shape index (κ1) is 26.1. The number of halogens is 2. The highest BCUT2D eigenvalue weighted by molar-refractivity contribution is 5.94. The fourth-order valence-electron chi connectivity index (χ4n) is 4.60. The molecule has 1 aromatic heterocycles. The number of hydrogen-bond acceptors (Lipinski definition) is 6. The minimum absolute atomic E-state index is 0. The second-order valence-electron chi connectivity index (χ2n) is 8.98. The van der Waals surface area contributed by atoms with Gasteiger partial charge in [0.25, 0.3) is 5.91 Å². The van der Waals surface area contributed by atoms with Crippen LogP contribution in [0.2, 0.25) is 0 Å². The maximum atomic E-state index is 13.1. The van der Waals surface area contributed by atoms with E-state index in [1.165, 1.54) is 43.5 Å². The van der Waals surface area contributed by atoms with Crippen molar-refractivity contribution in [2.45, 2.75) is 57.5 Å². The average molecular weight is 494 g/mol. The molecule has 2 fully saturated rings. The summed E-state index contributed by atoms with van der Waals surface area (Å²) in [6.45, 7) is 3.10. The predicted molar refractivity (Wildman–Crippen MR) is 127 cm³/mol. The Kier molecular flexibility index (Phi) is 9.41. The zero-order valence-corrected chi connectivity index (χ0v) is 20.4. The largest absolute Gasteiger partial charge is 0.343 e. The smallest absolute Gasteiger partial charge is 0.253 e. The van der Waals surface area contributed by atoms with Crippen LogP contribution in [0.5, 0.6) is 0 Å². The fraction of sp³-hybridized carbons (Fsp3) is 0.583. The third-order valence-electron chi connectivity index (χ3n) is 6.69. The number of amides is 2. The minimum atomic E-state index is -0.351. The van der Waals surface area contributed by atoms with Gasteiger partial charge in [-0.1, -0.05) is 24.4 Å². The van der Waals surface area contributed by atoms with Crippen molar-refractivity contribution in [3.8, 4) is 0 Å². The Bertz CT molecular complexity index is 940. The van der Waals surface area contributed by atoms with E-state index in [0.29, 0.717) is 68.9 Å². The molecule has 2 amide bonds. The van der Waals surface area contributed by atoms with Crippen LogP contribution in [0.25, 0.3) is 0 Å². The minimum Gasteiger partial charge on any atom is -0.343 e. The highest BCUT2D eigenvalue weighted by atomic mass is 35.5. The molecule has 0 radical (unpaired) electrons. The number of aryl methyl sites for hydroxylation is 1. The molecule has 8 nitrogen and oxygen atoms in total. The summed E-state index contributed by atoms with van der Waals surface area (Å²) < 4.78 is 18.4. The van der Waals surface area contributed by atoms with E-state index in [-0.39, 0.29) is 30.0 Å². The lowest BCUT2D eigenvalue weighted by Gasteiger charge is -2.34. The van der Waals surface area contributed by atoms with Crippen molar-refractivity contribution in [1.82, 2.24) is 24.8 Å². The Morgan fingerprint density at radius 1 is 1.09 bits per heavy atom. The summed E-state index contributed by atoms with van der Waals surface area (Å²) in [6.07, 6.45) is 6.67. The first-order valence-corrected chi connectivity index (χ1v) is 11.8. The first-order chi connectivity index (χ1) is 16.0. The number of hydrogen-bond donors (Lipinski definition) is 0. The number of aromatic nitrogens is 2. The van der Waals surface area contributed by atoms with Crippen molar-refractivity contribution < 1.29 is 18.5 Å². The van der Waals surface area contributed by atoms with Gasteiger partial charge in [-0.25, -0.2) is 4.39 Å². The van der Waals surface area contributed by atoms with Crippen LogP contribution in [0.4, 0.5) is 4.39 Å². The van der Waals surface area contributed by atoms with E-state index in [0.717, 1.165) is 12.8 Å². The third-order valence-corrected chi connectivity index (χ3v) is 6.69. The Balaban J connectivity index is 0.00000324. The van der Waals surface area contributed by atoms with E-state index < -0.39 is 0 Å². The van der Waals surface area contributed by atoms with Gasteiger partial charge in [0.05, 0.1) is 6.54 Å². The van der Waals surface area contributed by atoms with Crippen molar-refractivity contribution in [2.75, 3.05) is 33.2 Å². The molecule has 1 aromatic carbocycles. The lowest BCUT2D eigenvalue weighted by molar-refractivity contribution is -0.132. The number of nitrogens with zero attached hydrogens (tertiary/aromatic N) is 5. The summed E-state index contributed by atoms with van der Waals surface area (Å²) in [7, 11) is 1.90. The summed E-state index contributed by atoms with van der Waals surface area (Å²) >= 11 is 0. The number of carbonyl (C=O) groups is 2. The number of carbonyl (C=O) groups excluding carboxylic acids is 2. The number of benzene rings is 1. The van der Waals surface area contributed by atoms with Crippen molar-refractivity contribution in [2.24, 2.45) is 0 Å². The van der Waals surface area contributed by atoms with Gasteiger partial charge < -0.3 is 14.3 Å². The molecule has 10 heteroatoms. The molecule has 2 heterocycles. The highest BCUT2D eigenvalue weighted by Crippen LogP contribution is 2.22. The Labute approximate surface area is 205 Å². The normalized spacial score (nSPS) is 17.3. The quantitative estimate of drug-likeness (QED) is 0.588. The molecular formula is C24H33ClFN5O3. The summed E-state index contributed by atoms with van der Waals surface area (Å²) in [5, 5.41) is 4.06. The number of piperazine rings is 1. The van der Waals surface area contributed by atoms with Crippen molar-refractivity contribution in [3.05, 3.63) is 47.4 Å². The molecule has 0 bridgehead atoms. The van der Waals surface area contributed by atoms with Gasteiger partial charge in [0, 0.05) is 57.7 Å². The van der Waals surface area contributed by atoms with Gasteiger partial charge >= 0.3 is 0 Å². The molecule has 1 saturated heterocycles. The van der Waals surface area contributed by atoms with Crippen LogP contribution in [0.3, 0.4) is 0 Å². The predicted octanol–water partition coefficient (Wildman–Crippen LogP) is 3.31. The molecule has 0 atom stereocenters. The second-order valence-corrected chi connectivity index (χ2v) is 8.98. The lowest BCUT2D eigenvalue weighted by Crippen LogP contribution is -2.48. The van der Waals surface area contributed by atoms with E-state index in [1.807, 2.05) is 11.9 Å².